The van der Waals surface area contributed by atoms with Crippen molar-refractivity contribution in [1.82, 2.24) is 9.13 Å². The second kappa shape index (κ2) is 15.6. The molecule has 1 aliphatic heterocycles. The minimum atomic E-state index is -2.88. The molecule has 0 bridgehead atoms. The van der Waals surface area contributed by atoms with Gasteiger partial charge in [0.25, 0.3) is 0 Å². The SMILES string of the molecule is c1ccc([Si]2(c3ccccc3)c3ccccc3C3(c4ccccc4-c4c(-n5c6ccccc6c6cccc(-n7c8ccccc8c8c(-c9cccc%10ccccc9%10)cccc87)c65)cccc43)c3ccccc32)cc1. The number of rotatable bonds is 5. The van der Waals surface area contributed by atoms with E-state index in [-0.39, 0.29) is 0 Å². The second-order valence-electron chi connectivity index (χ2n) is 20.2. The fourth-order valence-corrected chi connectivity index (χ4v) is 19.5. The van der Waals surface area contributed by atoms with Crippen LogP contribution in [-0.4, -0.2) is 17.2 Å². The van der Waals surface area contributed by atoms with Gasteiger partial charge in [0.05, 0.1) is 38.9 Å². The van der Waals surface area contributed by atoms with Crippen LogP contribution in [0.4, 0.5) is 0 Å². The molecule has 0 unspecified atom stereocenters. The third-order valence-corrected chi connectivity index (χ3v) is 21.8. The normalized spacial score (nSPS) is 13.9. The van der Waals surface area contributed by atoms with Crippen LogP contribution >= 0.6 is 0 Å². The smallest absolute Gasteiger partial charge is 0.180 e. The fourth-order valence-electron chi connectivity index (χ4n) is 14.2. The van der Waals surface area contributed by atoms with E-state index < -0.39 is 13.5 Å². The third kappa shape index (κ3) is 5.28. The van der Waals surface area contributed by atoms with Gasteiger partial charge >= 0.3 is 0 Å². The van der Waals surface area contributed by atoms with E-state index in [4.69, 9.17) is 0 Å². The zero-order chi connectivity index (χ0) is 48.5. The topological polar surface area (TPSA) is 9.86 Å². The number of fused-ring (bicyclic) bond motifs is 16. The summed E-state index contributed by atoms with van der Waals surface area (Å²) in [5.41, 5.74) is 16.9. The van der Waals surface area contributed by atoms with Gasteiger partial charge < -0.3 is 9.13 Å². The van der Waals surface area contributed by atoms with Crippen molar-refractivity contribution in [3.63, 3.8) is 0 Å². The highest BCUT2D eigenvalue weighted by atomic mass is 28.3. The number of nitrogens with zero attached hydrogens (tertiary/aromatic N) is 2. The van der Waals surface area contributed by atoms with Crippen molar-refractivity contribution >= 4 is 83.2 Å². The van der Waals surface area contributed by atoms with Crippen molar-refractivity contribution in [2.45, 2.75) is 5.41 Å². The Hall–Kier alpha value is -9.28. The van der Waals surface area contributed by atoms with E-state index in [0.29, 0.717) is 0 Å². The van der Waals surface area contributed by atoms with Crippen LogP contribution in [0.3, 0.4) is 0 Å². The van der Waals surface area contributed by atoms with E-state index in [2.05, 4.69) is 288 Å². The quantitative estimate of drug-likeness (QED) is 0.152. The number of hydrogen-bond donors (Lipinski definition) is 0. The van der Waals surface area contributed by atoms with E-state index in [0.717, 1.165) is 5.69 Å². The average molecular weight is 955 g/mol. The molecule has 74 heavy (non-hydrogen) atoms. The predicted molar refractivity (Wildman–Crippen MR) is 313 cm³/mol. The Kier molecular flexibility index (Phi) is 8.72. The van der Waals surface area contributed by atoms with Gasteiger partial charge in [0, 0.05) is 27.1 Å². The van der Waals surface area contributed by atoms with Crippen LogP contribution in [0.25, 0.3) is 88.0 Å². The molecule has 0 N–H and O–H groups in total. The van der Waals surface area contributed by atoms with Crippen LogP contribution < -0.4 is 20.7 Å². The van der Waals surface area contributed by atoms with E-state index >= 15 is 0 Å². The lowest BCUT2D eigenvalue weighted by Crippen LogP contribution is -2.79. The van der Waals surface area contributed by atoms with Crippen molar-refractivity contribution in [3.8, 4) is 33.6 Å². The highest BCUT2D eigenvalue weighted by Gasteiger charge is 2.58. The van der Waals surface area contributed by atoms with Crippen LogP contribution in [0.2, 0.25) is 0 Å². The number of aromatic nitrogens is 2. The minimum absolute atomic E-state index is 0.596. The average Bonchev–Trinajstić information content (AvgIpc) is 4.12. The minimum Gasteiger partial charge on any atom is -0.307 e. The molecule has 344 valence electrons. The number of benzene rings is 12. The van der Waals surface area contributed by atoms with Gasteiger partial charge in [-0.2, -0.15) is 0 Å². The van der Waals surface area contributed by atoms with Crippen molar-refractivity contribution in [2.24, 2.45) is 0 Å². The molecule has 0 fully saturated rings. The van der Waals surface area contributed by atoms with Gasteiger partial charge in [0.15, 0.2) is 8.07 Å². The summed E-state index contributed by atoms with van der Waals surface area (Å²) >= 11 is 0. The molecule has 0 saturated heterocycles. The molecule has 14 aromatic rings. The molecule has 3 heterocycles. The van der Waals surface area contributed by atoms with Crippen LogP contribution in [0.1, 0.15) is 22.3 Å². The van der Waals surface area contributed by atoms with Crippen molar-refractivity contribution < 1.29 is 0 Å². The summed E-state index contributed by atoms with van der Waals surface area (Å²) in [6, 6.07) is 106. The highest BCUT2D eigenvalue weighted by Crippen LogP contribution is 2.59. The van der Waals surface area contributed by atoms with Crippen molar-refractivity contribution in [1.29, 1.82) is 0 Å². The Morgan fingerprint density at radius 3 is 1.50 bits per heavy atom. The predicted octanol–water partition coefficient (Wildman–Crippen LogP) is 14.8. The maximum atomic E-state index is 2.61. The zero-order valence-electron chi connectivity index (χ0n) is 40.5. The Labute approximate surface area is 430 Å². The Morgan fingerprint density at radius 2 is 0.757 bits per heavy atom. The van der Waals surface area contributed by atoms with E-state index in [1.807, 2.05) is 0 Å². The largest absolute Gasteiger partial charge is 0.307 e. The summed E-state index contributed by atoms with van der Waals surface area (Å²) in [5.74, 6) is 0. The lowest BCUT2D eigenvalue weighted by molar-refractivity contribution is 0.773. The lowest BCUT2D eigenvalue weighted by atomic mass is 9.67. The molecule has 1 spiro atoms. The van der Waals surface area contributed by atoms with E-state index in [1.165, 1.54) is 125 Å². The molecule has 3 heteroatoms. The standard InChI is InChI=1S/C71H46N2Si/c1-3-25-48(26-4-1)74(49-27-5-2-6-28-49)66-45-17-13-37-58(66)71(59-38-14-18-46-67(59)74)57-36-12-9-31-55(57)69-60(71)39-22-43-64(69)73-61-40-15-10-30-52(61)54-35-21-44-65(70(54)73)72-62-41-16-11-32-56(62)68-53(34-20-42-63(68)72)51-33-19-24-47-23-7-8-29-50(47)51/h1-46H. The van der Waals surface area contributed by atoms with Crippen LogP contribution in [-0.2, 0) is 5.41 Å². The van der Waals surface area contributed by atoms with Crippen LogP contribution in [0, 0.1) is 0 Å². The molecule has 2 aromatic heterocycles. The molecule has 0 radical (unpaired) electrons. The first kappa shape index (κ1) is 41.3. The molecule has 0 saturated carbocycles. The summed E-state index contributed by atoms with van der Waals surface area (Å²) in [4.78, 5) is 0. The zero-order valence-corrected chi connectivity index (χ0v) is 41.5. The summed E-state index contributed by atoms with van der Waals surface area (Å²) in [5, 5.41) is 13.1. The first-order chi connectivity index (χ1) is 36.8. The maximum Gasteiger partial charge on any atom is 0.180 e. The van der Waals surface area contributed by atoms with E-state index in [1.54, 1.807) is 0 Å². The molecule has 12 aromatic carbocycles. The molecular formula is C71H46N2Si. The monoisotopic (exact) mass is 954 g/mol. The molecule has 2 nitrogen and oxygen atoms in total. The molecule has 1 aliphatic carbocycles. The molecule has 2 aliphatic rings. The van der Waals surface area contributed by atoms with Crippen LogP contribution in [0.5, 0.6) is 0 Å². The lowest BCUT2D eigenvalue weighted by Gasteiger charge is -2.48. The summed E-state index contributed by atoms with van der Waals surface area (Å²) in [6.07, 6.45) is 0. The third-order valence-electron chi connectivity index (χ3n) is 16.9. The van der Waals surface area contributed by atoms with Gasteiger partial charge in [0.1, 0.15) is 0 Å². The van der Waals surface area contributed by atoms with Gasteiger partial charge in [-0.1, -0.05) is 249 Å². The van der Waals surface area contributed by atoms with Gasteiger partial charge in [-0.3, -0.25) is 0 Å². The van der Waals surface area contributed by atoms with Gasteiger partial charge in [0.2, 0.25) is 0 Å². The molecule has 16 rings (SSSR count). The number of hydrogen-bond acceptors (Lipinski definition) is 0. The van der Waals surface area contributed by atoms with Gasteiger partial charge in [-0.15, -0.1) is 0 Å². The first-order valence-electron chi connectivity index (χ1n) is 25.9. The second-order valence-corrected chi connectivity index (χ2v) is 23.9. The van der Waals surface area contributed by atoms with Crippen LogP contribution in [0.15, 0.2) is 279 Å². The number of para-hydroxylation sites is 3. The van der Waals surface area contributed by atoms with Gasteiger partial charge in [-0.05, 0) is 101 Å². The molecule has 0 atom stereocenters. The Bertz CT molecular complexity index is 4520. The van der Waals surface area contributed by atoms with Crippen molar-refractivity contribution in [2.75, 3.05) is 0 Å². The summed E-state index contributed by atoms with van der Waals surface area (Å²) < 4.78 is 5.15. The Balaban J connectivity index is 1.02. The Morgan fingerprint density at radius 1 is 0.284 bits per heavy atom. The highest BCUT2D eigenvalue weighted by molar-refractivity contribution is 7.20. The first-order valence-corrected chi connectivity index (χ1v) is 27.9. The molecular weight excluding hydrogens is 909 g/mol. The van der Waals surface area contributed by atoms with Gasteiger partial charge in [-0.25, -0.2) is 0 Å². The molecule has 0 amide bonds. The summed E-state index contributed by atoms with van der Waals surface area (Å²) in [7, 11) is -2.88. The summed E-state index contributed by atoms with van der Waals surface area (Å²) in [6.45, 7) is 0. The van der Waals surface area contributed by atoms with Crippen molar-refractivity contribution in [3.05, 3.63) is 301 Å². The van der Waals surface area contributed by atoms with E-state index in [9.17, 15) is 0 Å². The fraction of sp³-hybridized carbons (Fsp3) is 0.0141. The maximum absolute atomic E-state index is 2.88.